The van der Waals surface area contributed by atoms with Gasteiger partial charge < -0.3 is 21.3 Å². The normalized spacial score (nSPS) is 14.6. The number of halogens is 1. The van der Waals surface area contributed by atoms with Gasteiger partial charge in [0.1, 0.15) is 6.04 Å². The van der Waals surface area contributed by atoms with Crippen molar-refractivity contribution < 1.29 is 9.59 Å². The molecule has 0 bridgehead atoms. The summed E-state index contributed by atoms with van der Waals surface area (Å²) in [5, 5.41) is 5.69. The molecule has 1 aliphatic rings. The molecule has 25 heavy (non-hydrogen) atoms. The van der Waals surface area contributed by atoms with Crippen LogP contribution in [0.5, 0.6) is 0 Å². The Morgan fingerprint density at radius 2 is 2.00 bits per heavy atom. The van der Waals surface area contributed by atoms with E-state index in [1.165, 1.54) is 12.8 Å². The molecule has 0 spiro atoms. The zero-order valence-electron chi connectivity index (χ0n) is 14.8. The summed E-state index contributed by atoms with van der Waals surface area (Å²) in [6.45, 7) is 4.39. The van der Waals surface area contributed by atoms with Crippen molar-refractivity contribution in [1.82, 2.24) is 5.32 Å². The van der Waals surface area contributed by atoms with Crippen molar-refractivity contribution in [2.45, 2.75) is 45.1 Å². The van der Waals surface area contributed by atoms with Crippen LogP contribution in [0.25, 0.3) is 0 Å². The SMILES string of the molecule is CCCC(NC(=O)CCN)C(=O)Nc1cccc(N2CCCC2)c1.Cl. The first-order valence-corrected chi connectivity index (χ1v) is 8.79. The Balaban J connectivity index is 0.00000312. The van der Waals surface area contributed by atoms with E-state index < -0.39 is 6.04 Å². The lowest BCUT2D eigenvalue weighted by Gasteiger charge is -2.20. The second-order valence-electron chi connectivity index (χ2n) is 6.18. The molecule has 1 aromatic carbocycles. The minimum absolute atomic E-state index is 0. The highest BCUT2D eigenvalue weighted by Gasteiger charge is 2.20. The summed E-state index contributed by atoms with van der Waals surface area (Å²) in [6.07, 6.45) is 4.07. The highest BCUT2D eigenvalue weighted by molar-refractivity contribution is 5.97. The van der Waals surface area contributed by atoms with Gasteiger partial charge in [0.2, 0.25) is 11.8 Å². The van der Waals surface area contributed by atoms with Crippen molar-refractivity contribution in [2.24, 2.45) is 5.73 Å². The fourth-order valence-electron chi connectivity index (χ4n) is 2.94. The van der Waals surface area contributed by atoms with Gasteiger partial charge in [-0.3, -0.25) is 9.59 Å². The Kier molecular flexibility index (Phi) is 9.31. The fraction of sp³-hybridized carbons (Fsp3) is 0.556. The number of nitrogens with one attached hydrogen (secondary N) is 2. The second kappa shape index (κ2) is 10.9. The van der Waals surface area contributed by atoms with Crippen LogP contribution in [0.2, 0.25) is 0 Å². The number of rotatable bonds is 8. The van der Waals surface area contributed by atoms with Gasteiger partial charge >= 0.3 is 0 Å². The molecule has 1 heterocycles. The second-order valence-corrected chi connectivity index (χ2v) is 6.18. The van der Waals surface area contributed by atoms with E-state index in [4.69, 9.17) is 5.73 Å². The number of carbonyl (C=O) groups is 2. The lowest BCUT2D eigenvalue weighted by molar-refractivity contribution is -0.126. The molecule has 1 atom stereocenters. The molecular weight excluding hydrogens is 340 g/mol. The molecule has 140 valence electrons. The largest absolute Gasteiger partial charge is 0.371 e. The van der Waals surface area contributed by atoms with Crippen molar-refractivity contribution >= 4 is 35.6 Å². The van der Waals surface area contributed by atoms with Crippen LogP contribution in [0.4, 0.5) is 11.4 Å². The Bertz CT molecular complexity index is 562. The minimum Gasteiger partial charge on any atom is -0.371 e. The third-order valence-corrected chi connectivity index (χ3v) is 4.19. The standard InChI is InChI=1S/C18H28N4O2.ClH/c1-2-6-16(21-17(23)9-10-19)18(24)20-14-7-5-8-15(13-14)22-11-3-4-12-22;/h5,7-8,13,16H,2-4,6,9-12,19H2,1H3,(H,20,24)(H,21,23);1H. The van der Waals surface area contributed by atoms with Gasteiger partial charge in [0.15, 0.2) is 0 Å². The summed E-state index contributed by atoms with van der Waals surface area (Å²) in [4.78, 5) is 26.6. The van der Waals surface area contributed by atoms with E-state index in [-0.39, 0.29) is 37.2 Å². The number of hydrogen-bond donors (Lipinski definition) is 3. The summed E-state index contributed by atoms with van der Waals surface area (Å²) in [7, 11) is 0. The minimum atomic E-state index is -0.524. The summed E-state index contributed by atoms with van der Waals surface area (Å²) in [5.74, 6) is -0.363. The van der Waals surface area contributed by atoms with Crippen LogP contribution in [0.1, 0.15) is 39.0 Å². The zero-order chi connectivity index (χ0) is 17.4. The maximum absolute atomic E-state index is 12.5. The Morgan fingerprint density at radius 1 is 1.28 bits per heavy atom. The Hall–Kier alpha value is -1.79. The van der Waals surface area contributed by atoms with Gasteiger partial charge in [0, 0.05) is 37.4 Å². The van der Waals surface area contributed by atoms with Crippen LogP contribution in [0, 0.1) is 0 Å². The van der Waals surface area contributed by atoms with Crippen molar-refractivity contribution in [3.63, 3.8) is 0 Å². The van der Waals surface area contributed by atoms with Crippen LogP contribution in [-0.2, 0) is 9.59 Å². The maximum atomic E-state index is 12.5. The first kappa shape index (κ1) is 21.3. The molecule has 6 nitrogen and oxygen atoms in total. The number of nitrogens with zero attached hydrogens (tertiary/aromatic N) is 1. The van der Waals surface area contributed by atoms with Crippen molar-refractivity contribution in [3.05, 3.63) is 24.3 Å². The van der Waals surface area contributed by atoms with E-state index in [0.29, 0.717) is 6.42 Å². The van der Waals surface area contributed by atoms with Gasteiger partial charge in [-0.25, -0.2) is 0 Å². The molecule has 2 rings (SSSR count). The predicted octanol–water partition coefficient (Wildman–Crippen LogP) is 2.28. The van der Waals surface area contributed by atoms with Crippen LogP contribution in [0.15, 0.2) is 24.3 Å². The van der Waals surface area contributed by atoms with Crippen LogP contribution in [-0.4, -0.2) is 37.5 Å². The molecule has 0 saturated carbocycles. The molecule has 1 aliphatic heterocycles. The predicted molar refractivity (Wildman–Crippen MR) is 104 cm³/mol. The molecule has 7 heteroatoms. The molecule has 0 radical (unpaired) electrons. The third-order valence-electron chi connectivity index (χ3n) is 4.19. The Labute approximate surface area is 155 Å². The smallest absolute Gasteiger partial charge is 0.246 e. The van der Waals surface area contributed by atoms with Gasteiger partial charge in [0.25, 0.3) is 0 Å². The molecular formula is C18H29ClN4O2. The molecule has 1 aromatic rings. The number of nitrogens with two attached hydrogens (primary N) is 1. The Morgan fingerprint density at radius 3 is 2.64 bits per heavy atom. The lowest BCUT2D eigenvalue weighted by Crippen LogP contribution is -2.44. The summed E-state index contributed by atoms with van der Waals surface area (Å²) in [6, 6.07) is 7.36. The third kappa shape index (κ3) is 6.55. The van der Waals surface area contributed by atoms with Crippen molar-refractivity contribution in [1.29, 1.82) is 0 Å². The average Bonchev–Trinajstić information content (AvgIpc) is 3.09. The fourth-order valence-corrected chi connectivity index (χ4v) is 2.94. The van der Waals surface area contributed by atoms with Crippen LogP contribution < -0.4 is 21.3 Å². The zero-order valence-corrected chi connectivity index (χ0v) is 15.6. The van der Waals surface area contributed by atoms with Crippen LogP contribution >= 0.6 is 12.4 Å². The number of carbonyl (C=O) groups excluding carboxylic acids is 2. The molecule has 4 N–H and O–H groups in total. The highest BCUT2D eigenvalue weighted by Crippen LogP contribution is 2.23. The molecule has 2 amide bonds. The topological polar surface area (TPSA) is 87.5 Å². The molecule has 1 fully saturated rings. The van der Waals surface area contributed by atoms with Gasteiger partial charge in [-0.1, -0.05) is 19.4 Å². The van der Waals surface area contributed by atoms with Crippen LogP contribution in [0.3, 0.4) is 0 Å². The molecule has 0 aromatic heterocycles. The average molecular weight is 369 g/mol. The van der Waals surface area contributed by atoms with E-state index in [2.05, 4.69) is 21.6 Å². The maximum Gasteiger partial charge on any atom is 0.246 e. The van der Waals surface area contributed by atoms with Crippen molar-refractivity contribution in [3.8, 4) is 0 Å². The quantitative estimate of drug-likeness (QED) is 0.657. The van der Waals surface area contributed by atoms with Gasteiger partial charge in [-0.15, -0.1) is 12.4 Å². The van der Waals surface area contributed by atoms with E-state index in [9.17, 15) is 9.59 Å². The number of hydrogen-bond acceptors (Lipinski definition) is 4. The van der Waals surface area contributed by atoms with E-state index in [1.54, 1.807) is 0 Å². The van der Waals surface area contributed by atoms with E-state index >= 15 is 0 Å². The summed E-state index contributed by atoms with van der Waals surface area (Å²) in [5.41, 5.74) is 7.28. The van der Waals surface area contributed by atoms with E-state index in [1.807, 2.05) is 25.1 Å². The van der Waals surface area contributed by atoms with Gasteiger partial charge in [-0.05, 0) is 37.5 Å². The number of anilines is 2. The highest BCUT2D eigenvalue weighted by atomic mass is 35.5. The van der Waals surface area contributed by atoms with Gasteiger partial charge in [0.05, 0.1) is 0 Å². The van der Waals surface area contributed by atoms with Gasteiger partial charge in [-0.2, -0.15) is 0 Å². The number of amides is 2. The molecule has 1 unspecified atom stereocenters. The van der Waals surface area contributed by atoms with E-state index in [0.717, 1.165) is 30.9 Å². The monoisotopic (exact) mass is 368 g/mol. The molecule has 1 saturated heterocycles. The summed E-state index contributed by atoms with van der Waals surface area (Å²) >= 11 is 0. The first-order valence-electron chi connectivity index (χ1n) is 8.79. The first-order chi connectivity index (χ1) is 11.6. The number of benzene rings is 1. The summed E-state index contributed by atoms with van der Waals surface area (Å²) < 4.78 is 0. The lowest BCUT2D eigenvalue weighted by atomic mass is 10.1. The molecule has 0 aliphatic carbocycles. The van der Waals surface area contributed by atoms with Crippen molar-refractivity contribution in [2.75, 3.05) is 29.9 Å².